The molecule has 1 aliphatic carbocycles. The highest BCUT2D eigenvalue weighted by Crippen LogP contribution is 2.25. The zero-order chi connectivity index (χ0) is 14.4. The van der Waals surface area contributed by atoms with Crippen LogP contribution in [0.25, 0.3) is 0 Å². The lowest BCUT2D eigenvalue weighted by Gasteiger charge is -2.19. The van der Waals surface area contributed by atoms with Gasteiger partial charge in [0.1, 0.15) is 17.3 Å². The van der Waals surface area contributed by atoms with Crippen LogP contribution in [0.4, 0.5) is 0 Å². The molecule has 0 aromatic rings. The zero-order valence-corrected chi connectivity index (χ0v) is 13.6. The van der Waals surface area contributed by atoms with Crippen LogP contribution in [-0.2, 0) is 29.7 Å². The minimum absolute atomic E-state index is 0.109. The Balaban J connectivity index is 1.63. The molecule has 1 atom stereocenters. The summed E-state index contributed by atoms with van der Waals surface area (Å²) in [4.78, 5) is 11.7. The van der Waals surface area contributed by atoms with E-state index in [1.54, 1.807) is 0 Å². The van der Waals surface area contributed by atoms with Crippen LogP contribution in [0.15, 0.2) is 0 Å². The minimum Gasteiger partial charge on any atom is -0.299 e. The molecule has 116 valence electrons. The van der Waals surface area contributed by atoms with Gasteiger partial charge in [0.05, 0.1) is 5.75 Å². The van der Waals surface area contributed by atoms with Crippen LogP contribution in [0, 0.1) is 5.92 Å². The van der Waals surface area contributed by atoms with Crippen molar-refractivity contribution >= 4 is 27.1 Å². The highest BCUT2D eigenvalue weighted by molar-refractivity contribution is 8.02. The van der Waals surface area contributed by atoms with Crippen LogP contribution < -0.4 is 0 Å². The van der Waals surface area contributed by atoms with E-state index in [4.69, 9.17) is 3.63 Å². The molecule has 2 fully saturated rings. The molecule has 0 amide bonds. The molecule has 1 aliphatic heterocycles. The Morgan fingerprint density at radius 1 is 1.10 bits per heavy atom. The molecule has 1 saturated heterocycles. The molecular formula is C14H25O4S2+. The van der Waals surface area contributed by atoms with Crippen LogP contribution in [0.5, 0.6) is 0 Å². The number of Topliss-reactive ketones (excluding diaryl/α,β-unsaturated/α-hetero) is 1. The number of hydrogen-bond donors (Lipinski definition) is 0. The van der Waals surface area contributed by atoms with Crippen molar-refractivity contribution in [3.63, 3.8) is 0 Å². The maximum absolute atomic E-state index is 11.8. The summed E-state index contributed by atoms with van der Waals surface area (Å²) in [7, 11) is -3.35. The molecule has 0 bridgehead atoms. The SMILES string of the molecule is O=C1CCCCC1CCCCS(=O)(=O)O[S+]1CCCC1. The van der Waals surface area contributed by atoms with Gasteiger partial charge in [-0.2, -0.15) is 8.42 Å². The van der Waals surface area contributed by atoms with E-state index < -0.39 is 10.1 Å². The largest absolute Gasteiger partial charge is 0.311 e. The van der Waals surface area contributed by atoms with E-state index in [-0.39, 0.29) is 22.8 Å². The van der Waals surface area contributed by atoms with Gasteiger partial charge in [0.25, 0.3) is 0 Å². The molecule has 0 aromatic carbocycles. The molecule has 6 heteroatoms. The maximum Gasteiger partial charge on any atom is 0.311 e. The van der Waals surface area contributed by atoms with Gasteiger partial charge < -0.3 is 0 Å². The molecule has 1 unspecified atom stereocenters. The average molecular weight is 321 g/mol. The van der Waals surface area contributed by atoms with E-state index in [2.05, 4.69) is 0 Å². The Morgan fingerprint density at radius 2 is 1.85 bits per heavy atom. The monoisotopic (exact) mass is 321 g/mol. The first-order valence-corrected chi connectivity index (χ1v) is 10.8. The highest BCUT2D eigenvalue weighted by Gasteiger charge is 2.32. The Kier molecular flexibility index (Phi) is 6.36. The van der Waals surface area contributed by atoms with Crippen molar-refractivity contribution in [3.05, 3.63) is 0 Å². The van der Waals surface area contributed by atoms with Crippen molar-refractivity contribution in [3.8, 4) is 0 Å². The zero-order valence-electron chi connectivity index (χ0n) is 12.0. The van der Waals surface area contributed by atoms with Crippen molar-refractivity contribution in [2.24, 2.45) is 5.92 Å². The van der Waals surface area contributed by atoms with Crippen LogP contribution >= 0.6 is 0 Å². The predicted octanol–water partition coefficient (Wildman–Crippen LogP) is 2.59. The van der Waals surface area contributed by atoms with Crippen LogP contribution in [-0.4, -0.2) is 31.5 Å². The molecule has 20 heavy (non-hydrogen) atoms. The van der Waals surface area contributed by atoms with Gasteiger partial charge >= 0.3 is 10.1 Å². The standard InChI is InChI=1S/C14H25O4S2/c15-14-9-2-1-7-13(14)8-3-6-12-20(16,17)18-19-10-4-5-11-19/h13H,1-12H2/q+1. The lowest BCUT2D eigenvalue weighted by atomic mass is 9.85. The fourth-order valence-electron chi connectivity index (χ4n) is 2.91. The van der Waals surface area contributed by atoms with Gasteiger partial charge in [-0.05, 0) is 42.2 Å². The van der Waals surface area contributed by atoms with Gasteiger partial charge in [-0.1, -0.05) is 12.8 Å². The van der Waals surface area contributed by atoms with E-state index >= 15 is 0 Å². The lowest BCUT2D eigenvalue weighted by molar-refractivity contribution is -0.124. The predicted molar refractivity (Wildman–Crippen MR) is 82.0 cm³/mol. The molecule has 0 radical (unpaired) electrons. The summed E-state index contributed by atoms with van der Waals surface area (Å²) in [6, 6.07) is 0. The number of hydrogen-bond acceptors (Lipinski definition) is 4. The first kappa shape index (κ1) is 16.3. The van der Waals surface area contributed by atoms with E-state index in [0.29, 0.717) is 12.2 Å². The Hall–Kier alpha value is -0.0700. The molecule has 0 spiro atoms. The third-order valence-corrected chi connectivity index (χ3v) is 7.95. The molecular weight excluding hydrogens is 296 g/mol. The van der Waals surface area contributed by atoms with E-state index in [9.17, 15) is 13.2 Å². The van der Waals surface area contributed by atoms with Crippen LogP contribution in [0.3, 0.4) is 0 Å². The average Bonchev–Trinajstić information content (AvgIpc) is 2.88. The number of carbonyl (C=O) groups excluding carboxylic acids is 1. The van der Waals surface area contributed by atoms with Crippen molar-refractivity contribution in [2.75, 3.05) is 17.3 Å². The van der Waals surface area contributed by atoms with Gasteiger partial charge in [-0.15, -0.1) is 0 Å². The van der Waals surface area contributed by atoms with Gasteiger partial charge in [0, 0.05) is 12.3 Å². The smallest absolute Gasteiger partial charge is 0.299 e. The van der Waals surface area contributed by atoms with Gasteiger partial charge in [-0.25, -0.2) is 0 Å². The summed E-state index contributed by atoms with van der Waals surface area (Å²) < 4.78 is 28.9. The molecule has 0 aromatic heterocycles. The number of unbranched alkanes of at least 4 members (excludes halogenated alkanes) is 1. The topological polar surface area (TPSA) is 60.4 Å². The second-order valence-electron chi connectivity index (χ2n) is 5.79. The van der Waals surface area contributed by atoms with E-state index in [1.165, 1.54) is 0 Å². The number of carbonyl (C=O) groups is 1. The molecule has 1 saturated carbocycles. The van der Waals surface area contributed by atoms with Crippen molar-refractivity contribution in [2.45, 2.75) is 57.8 Å². The first-order valence-electron chi connectivity index (χ1n) is 7.70. The van der Waals surface area contributed by atoms with Gasteiger partial charge in [-0.3, -0.25) is 4.79 Å². The third kappa shape index (κ3) is 5.37. The first-order chi connectivity index (χ1) is 9.57. The summed E-state index contributed by atoms with van der Waals surface area (Å²) in [5.74, 6) is 2.47. The van der Waals surface area contributed by atoms with E-state index in [0.717, 1.165) is 62.9 Å². The summed E-state index contributed by atoms with van der Waals surface area (Å²) in [6.45, 7) is 0. The number of ketones is 1. The Bertz CT molecular complexity index is 413. The summed E-state index contributed by atoms with van der Waals surface area (Å²) in [5, 5.41) is 0. The molecule has 2 aliphatic rings. The quantitative estimate of drug-likeness (QED) is 0.534. The number of rotatable bonds is 7. The normalized spacial score (nSPS) is 25.2. The lowest BCUT2D eigenvalue weighted by Crippen LogP contribution is -2.20. The molecule has 1 heterocycles. The summed E-state index contributed by atoms with van der Waals surface area (Å²) >= 11 is -0.354. The Morgan fingerprint density at radius 3 is 2.55 bits per heavy atom. The second-order valence-corrected chi connectivity index (χ2v) is 9.55. The maximum atomic E-state index is 11.8. The fraction of sp³-hybridized carbons (Fsp3) is 0.929. The second kappa shape index (κ2) is 7.80. The van der Waals surface area contributed by atoms with Gasteiger partial charge in [0.2, 0.25) is 0 Å². The highest BCUT2D eigenvalue weighted by atomic mass is 32.3. The molecule has 4 nitrogen and oxygen atoms in total. The summed E-state index contributed by atoms with van der Waals surface area (Å²) in [6.07, 6.45) is 8.32. The molecule has 2 rings (SSSR count). The van der Waals surface area contributed by atoms with Crippen molar-refractivity contribution in [1.82, 2.24) is 0 Å². The summed E-state index contributed by atoms with van der Waals surface area (Å²) in [5.41, 5.74) is 0. The Labute approximate surface area is 125 Å². The fourth-order valence-corrected chi connectivity index (χ4v) is 6.71. The minimum atomic E-state index is -3.35. The van der Waals surface area contributed by atoms with E-state index in [1.807, 2.05) is 0 Å². The van der Waals surface area contributed by atoms with Crippen LogP contribution in [0.1, 0.15) is 57.8 Å². The van der Waals surface area contributed by atoms with Crippen LogP contribution in [0.2, 0.25) is 0 Å². The third-order valence-electron chi connectivity index (χ3n) is 4.07. The van der Waals surface area contributed by atoms with Crippen molar-refractivity contribution < 1.29 is 16.8 Å². The van der Waals surface area contributed by atoms with Gasteiger partial charge in [0.15, 0.2) is 11.2 Å². The van der Waals surface area contributed by atoms with Crippen molar-refractivity contribution in [1.29, 1.82) is 0 Å². The molecule has 0 N–H and O–H groups in total.